The van der Waals surface area contributed by atoms with E-state index < -0.39 is 0 Å². The summed E-state index contributed by atoms with van der Waals surface area (Å²) in [4.78, 5) is 5.24. The maximum atomic E-state index is 2.62. The predicted molar refractivity (Wildman–Crippen MR) is 226 cm³/mol. The van der Waals surface area contributed by atoms with Gasteiger partial charge in [0.2, 0.25) is 0 Å². The molecule has 246 valence electrons. The standard InChI is InChI=1S/C50H33BN2/c1-3-16-34(17-4-1)36-30-32-48(40-22-9-7-20-38(36)40)52-46-28-13-11-24-42(46)44-26-15-27-45-43-25-12-14-29-47(43)53(51(52)50(44)45)49-33-31-37(35-18-5-2-6-19-35)39-21-8-10-23-41(39)49/h1-33H. The normalized spacial score (nSPS) is 12.8. The fraction of sp³-hybridized carbons (Fsp3) is 0. The summed E-state index contributed by atoms with van der Waals surface area (Å²) in [7, 11) is 0. The first-order valence-electron chi connectivity index (χ1n) is 18.4. The van der Waals surface area contributed by atoms with Crippen molar-refractivity contribution in [3.63, 3.8) is 0 Å². The van der Waals surface area contributed by atoms with Gasteiger partial charge in [-0.3, -0.25) is 0 Å². The van der Waals surface area contributed by atoms with Crippen LogP contribution in [0.2, 0.25) is 0 Å². The van der Waals surface area contributed by atoms with Gasteiger partial charge >= 0.3 is 6.98 Å². The monoisotopic (exact) mass is 672 g/mol. The van der Waals surface area contributed by atoms with Crippen LogP contribution in [0.4, 0.5) is 22.7 Å². The molecule has 0 fully saturated rings. The lowest BCUT2D eigenvalue weighted by atomic mass is 9.53. The van der Waals surface area contributed by atoms with E-state index in [4.69, 9.17) is 0 Å². The van der Waals surface area contributed by atoms with Gasteiger partial charge in [0.05, 0.1) is 0 Å². The van der Waals surface area contributed by atoms with E-state index in [1.807, 2.05) is 0 Å². The molecule has 2 heterocycles. The van der Waals surface area contributed by atoms with Gasteiger partial charge in [0.15, 0.2) is 0 Å². The summed E-state index contributed by atoms with van der Waals surface area (Å²) in [5.74, 6) is 0. The van der Waals surface area contributed by atoms with Gasteiger partial charge in [-0.15, -0.1) is 0 Å². The largest absolute Gasteiger partial charge is 0.421 e. The Bertz CT molecular complexity index is 2670. The highest BCUT2D eigenvalue weighted by Crippen LogP contribution is 2.51. The fourth-order valence-corrected chi connectivity index (χ4v) is 9.02. The molecule has 3 heteroatoms. The average molecular weight is 673 g/mol. The van der Waals surface area contributed by atoms with Crippen LogP contribution >= 0.6 is 0 Å². The zero-order chi connectivity index (χ0) is 34.9. The Morgan fingerprint density at radius 3 is 1.09 bits per heavy atom. The summed E-state index contributed by atoms with van der Waals surface area (Å²) < 4.78 is 0. The van der Waals surface area contributed by atoms with Crippen LogP contribution in [0.15, 0.2) is 200 Å². The number of rotatable bonds is 4. The van der Waals surface area contributed by atoms with Crippen LogP contribution in [-0.2, 0) is 0 Å². The summed E-state index contributed by atoms with van der Waals surface area (Å²) in [6, 6.07) is 73.5. The van der Waals surface area contributed by atoms with Crippen LogP contribution in [0, 0.1) is 0 Å². The van der Waals surface area contributed by atoms with Crippen molar-refractivity contribution in [1.82, 2.24) is 0 Å². The summed E-state index contributed by atoms with van der Waals surface area (Å²) in [5, 5.41) is 4.95. The van der Waals surface area contributed by atoms with Gasteiger partial charge in [0.1, 0.15) is 0 Å². The van der Waals surface area contributed by atoms with Crippen molar-refractivity contribution in [3.8, 4) is 44.5 Å². The van der Waals surface area contributed by atoms with Gasteiger partial charge in [-0.1, -0.05) is 176 Å². The Balaban J connectivity index is 1.23. The highest BCUT2D eigenvalue weighted by Gasteiger charge is 2.47. The van der Waals surface area contributed by atoms with Crippen LogP contribution in [0.25, 0.3) is 66.1 Å². The number of hydrogen-bond acceptors (Lipinski definition) is 2. The van der Waals surface area contributed by atoms with Crippen molar-refractivity contribution in [1.29, 1.82) is 0 Å². The molecule has 0 unspecified atom stereocenters. The Hall–Kier alpha value is -6.84. The van der Waals surface area contributed by atoms with Gasteiger partial charge in [-0.05, 0) is 73.9 Å². The van der Waals surface area contributed by atoms with Gasteiger partial charge in [0, 0.05) is 44.6 Å². The Morgan fingerprint density at radius 1 is 0.245 bits per heavy atom. The fourth-order valence-electron chi connectivity index (χ4n) is 9.02. The second-order valence-corrected chi connectivity index (χ2v) is 14.0. The molecule has 2 nitrogen and oxygen atoms in total. The van der Waals surface area contributed by atoms with Gasteiger partial charge in [-0.25, -0.2) is 0 Å². The minimum atomic E-state index is -0.164. The Morgan fingerprint density at radius 2 is 0.623 bits per heavy atom. The quantitative estimate of drug-likeness (QED) is 0.172. The zero-order valence-corrected chi connectivity index (χ0v) is 29.0. The highest BCUT2D eigenvalue weighted by atomic mass is 15.2. The van der Waals surface area contributed by atoms with E-state index in [2.05, 4.69) is 210 Å². The molecule has 2 aliphatic rings. The first-order chi connectivity index (χ1) is 26.3. The highest BCUT2D eigenvalue weighted by molar-refractivity contribution is 6.86. The van der Waals surface area contributed by atoms with Crippen molar-refractivity contribution in [2.24, 2.45) is 0 Å². The molecular weight excluding hydrogens is 639 g/mol. The summed E-state index contributed by atoms with van der Waals surface area (Å²) in [6.07, 6.45) is 0. The van der Waals surface area contributed by atoms with Gasteiger partial charge in [-0.2, -0.15) is 0 Å². The van der Waals surface area contributed by atoms with E-state index in [0.29, 0.717) is 0 Å². The molecule has 0 spiro atoms. The molecule has 11 rings (SSSR count). The molecule has 0 aliphatic carbocycles. The number of para-hydroxylation sites is 2. The molecule has 0 radical (unpaired) electrons. The SMILES string of the molecule is c1ccc(-c2ccc(N3B4c5c(cccc5-c5ccccc5N4c4ccc(-c5ccccc5)c5ccccc45)-c4ccccc43)c3ccccc23)cc1. The number of benzene rings is 9. The molecule has 0 saturated carbocycles. The lowest BCUT2D eigenvalue weighted by Crippen LogP contribution is -2.62. The van der Waals surface area contributed by atoms with E-state index in [0.717, 1.165) is 0 Å². The van der Waals surface area contributed by atoms with Crippen molar-refractivity contribution >= 4 is 56.7 Å². The number of fused-ring (bicyclic) bond motifs is 6. The number of nitrogens with zero attached hydrogens (tertiary/aromatic N) is 2. The van der Waals surface area contributed by atoms with Crippen LogP contribution in [0.3, 0.4) is 0 Å². The van der Waals surface area contributed by atoms with E-state index in [-0.39, 0.29) is 6.98 Å². The molecule has 0 bridgehead atoms. The van der Waals surface area contributed by atoms with Crippen molar-refractivity contribution in [2.45, 2.75) is 0 Å². The Labute approximate surface area is 310 Å². The van der Waals surface area contributed by atoms with E-state index in [9.17, 15) is 0 Å². The van der Waals surface area contributed by atoms with Crippen LogP contribution < -0.4 is 15.1 Å². The summed E-state index contributed by atoms with van der Waals surface area (Å²) in [5.41, 5.74) is 16.1. The van der Waals surface area contributed by atoms with Crippen molar-refractivity contribution in [3.05, 3.63) is 200 Å². The molecule has 9 aromatic carbocycles. The van der Waals surface area contributed by atoms with Gasteiger partial charge < -0.3 is 9.62 Å². The van der Waals surface area contributed by atoms with Crippen molar-refractivity contribution < 1.29 is 0 Å². The zero-order valence-electron chi connectivity index (χ0n) is 29.0. The summed E-state index contributed by atoms with van der Waals surface area (Å²) in [6.45, 7) is -0.164. The molecule has 0 N–H and O–H groups in total. The topological polar surface area (TPSA) is 6.48 Å². The van der Waals surface area contributed by atoms with Gasteiger partial charge in [0.25, 0.3) is 0 Å². The smallest absolute Gasteiger partial charge is 0.361 e. The van der Waals surface area contributed by atoms with Crippen LogP contribution in [0.1, 0.15) is 0 Å². The molecule has 0 aromatic heterocycles. The van der Waals surface area contributed by atoms with Crippen LogP contribution in [-0.4, -0.2) is 6.98 Å². The van der Waals surface area contributed by atoms with Crippen molar-refractivity contribution in [2.75, 3.05) is 9.62 Å². The molecule has 2 aliphatic heterocycles. The Kier molecular flexibility index (Phi) is 6.68. The molecule has 0 amide bonds. The van der Waals surface area contributed by atoms with Crippen LogP contribution in [0.5, 0.6) is 0 Å². The molecular formula is C50H33BN2. The van der Waals surface area contributed by atoms with E-state index >= 15 is 0 Å². The third-order valence-corrected chi connectivity index (χ3v) is 11.3. The maximum Gasteiger partial charge on any atom is 0.421 e. The number of hydrogen-bond donors (Lipinski definition) is 0. The lowest BCUT2D eigenvalue weighted by molar-refractivity contribution is 1.28. The maximum absolute atomic E-state index is 2.62. The first-order valence-corrected chi connectivity index (χ1v) is 18.4. The lowest BCUT2D eigenvalue weighted by Gasteiger charge is -2.48. The minimum Gasteiger partial charge on any atom is -0.361 e. The third-order valence-electron chi connectivity index (χ3n) is 11.3. The first kappa shape index (κ1) is 29.9. The second kappa shape index (κ2) is 11.9. The molecule has 9 aromatic rings. The molecule has 0 atom stereocenters. The number of anilines is 4. The molecule has 53 heavy (non-hydrogen) atoms. The second-order valence-electron chi connectivity index (χ2n) is 14.0. The minimum absolute atomic E-state index is 0.164. The van der Waals surface area contributed by atoms with E-state index in [1.165, 1.54) is 94.3 Å². The third kappa shape index (κ3) is 4.47. The molecule has 0 saturated heterocycles. The predicted octanol–water partition coefficient (Wildman–Crippen LogP) is 12.7. The van der Waals surface area contributed by atoms with E-state index in [1.54, 1.807) is 0 Å². The summed E-state index contributed by atoms with van der Waals surface area (Å²) >= 11 is 0. The average Bonchev–Trinajstić information content (AvgIpc) is 3.24.